The summed E-state index contributed by atoms with van der Waals surface area (Å²) in [6, 6.07) is 9.92. The van der Waals surface area contributed by atoms with E-state index in [9.17, 15) is 4.79 Å². The van der Waals surface area contributed by atoms with Crippen molar-refractivity contribution in [2.75, 3.05) is 11.1 Å². The van der Waals surface area contributed by atoms with Crippen LogP contribution in [0, 0.1) is 6.92 Å². The molecule has 24 heavy (non-hydrogen) atoms. The lowest BCUT2D eigenvalue weighted by Gasteiger charge is -2.09. The smallest absolute Gasteiger partial charge is 0.236 e. The maximum atomic E-state index is 12.1. The second kappa shape index (κ2) is 7.59. The number of para-hydroxylation sites is 1. The van der Waals surface area contributed by atoms with Crippen molar-refractivity contribution in [1.82, 2.24) is 19.7 Å². The molecule has 0 aliphatic rings. The highest BCUT2D eigenvalue weighted by Crippen LogP contribution is 2.23. The molecule has 0 radical (unpaired) electrons. The lowest BCUT2D eigenvalue weighted by Crippen LogP contribution is -2.14. The van der Waals surface area contributed by atoms with Gasteiger partial charge in [-0.1, -0.05) is 36.9 Å². The van der Waals surface area contributed by atoms with Gasteiger partial charge in [-0.05, 0) is 19.1 Å². The van der Waals surface area contributed by atoms with Crippen molar-refractivity contribution in [3.63, 3.8) is 0 Å². The quantitative estimate of drug-likeness (QED) is 0.684. The van der Waals surface area contributed by atoms with Crippen molar-refractivity contribution in [2.45, 2.75) is 25.4 Å². The number of thioether (sulfide) groups is 1. The third-order valence-electron chi connectivity index (χ3n) is 3.23. The Balaban J connectivity index is 1.71. The first-order chi connectivity index (χ1) is 11.7. The van der Waals surface area contributed by atoms with Crippen LogP contribution in [0.25, 0.3) is 5.69 Å². The number of hydrogen-bond acceptors (Lipinski definition) is 6. The fraction of sp³-hybridized carbons (Fsp3) is 0.250. The number of aromatic nitrogens is 4. The highest BCUT2D eigenvalue weighted by molar-refractivity contribution is 7.99. The van der Waals surface area contributed by atoms with Gasteiger partial charge in [-0.25, -0.2) is 4.98 Å². The van der Waals surface area contributed by atoms with Crippen LogP contribution in [0.1, 0.15) is 18.4 Å². The van der Waals surface area contributed by atoms with Gasteiger partial charge in [-0.3, -0.25) is 9.36 Å². The van der Waals surface area contributed by atoms with Crippen molar-refractivity contribution in [2.24, 2.45) is 0 Å². The Bertz CT molecular complexity index is 828. The van der Waals surface area contributed by atoms with Crippen LogP contribution in [0.2, 0.25) is 0 Å². The topological polar surface area (TPSA) is 72.7 Å². The predicted octanol–water partition coefficient (Wildman–Crippen LogP) is 3.33. The van der Waals surface area contributed by atoms with Crippen LogP contribution < -0.4 is 5.32 Å². The summed E-state index contributed by atoms with van der Waals surface area (Å²) < 4.78 is 1.99. The first kappa shape index (κ1) is 16.7. The predicted molar refractivity (Wildman–Crippen MR) is 96.9 cm³/mol. The maximum absolute atomic E-state index is 12.1. The van der Waals surface area contributed by atoms with E-state index in [0.717, 1.165) is 23.6 Å². The zero-order valence-corrected chi connectivity index (χ0v) is 15.0. The van der Waals surface area contributed by atoms with Gasteiger partial charge in [0.15, 0.2) is 10.3 Å². The van der Waals surface area contributed by atoms with E-state index in [1.54, 1.807) is 0 Å². The molecule has 1 amide bonds. The van der Waals surface area contributed by atoms with Crippen LogP contribution >= 0.6 is 23.1 Å². The molecule has 0 spiro atoms. The average molecular weight is 359 g/mol. The Labute approximate surface area is 148 Å². The number of anilines is 1. The fourth-order valence-electron chi connectivity index (χ4n) is 2.16. The molecule has 124 valence electrons. The summed E-state index contributed by atoms with van der Waals surface area (Å²) in [5.74, 6) is 1.03. The van der Waals surface area contributed by atoms with Gasteiger partial charge >= 0.3 is 0 Å². The van der Waals surface area contributed by atoms with Crippen molar-refractivity contribution >= 4 is 34.1 Å². The Hall–Kier alpha value is -2.19. The SMILES string of the molecule is CCc1nnc(SCC(=O)Nc2nc(C)cs2)n1-c1ccccc1. The average Bonchev–Trinajstić information content (AvgIpc) is 3.19. The van der Waals surface area contributed by atoms with E-state index in [-0.39, 0.29) is 11.7 Å². The summed E-state index contributed by atoms with van der Waals surface area (Å²) in [5, 5.41) is 14.5. The number of benzene rings is 1. The minimum Gasteiger partial charge on any atom is -0.301 e. The number of hydrogen-bond donors (Lipinski definition) is 1. The number of carbonyl (C=O) groups excluding carboxylic acids is 1. The number of thiazole rings is 1. The van der Waals surface area contributed by atoms with E-state index in [0.29, 0.717) is 10.3 Å². The standard InChI is InChI=1S/C16H17N5OS2/c1-3-13-19-20-16(21(13)12-7-5-4-6-8-12)24-10-14(22)18-15-17-11(2)9-23-15/h4-9H,3,10H2,1-2H3,(H,17,18,22). The number of carbonyl (C=O) groups is 1. The number of amides is 1. The molecule has 0 aliphatic heterocycles. The summed E-state index contributed by atoms with van der Waals surface area (Å²) in [6.45, 7) is 3.94. The van der Waals surface area contributed by atoms with Gasteiger partial charge < -0.3 is 5.32 Å². The minimum atomic E-state index is -0.102. The molecule has 0 aliphatic carbocycles. The lowest BCUT2D eigenvalue weighted by molar-refractivity contribution is -0.113. The van der Waals surface area contributed by atoms with Crippen LogP contribution in [-0.2, 0) is 11.2 Å². The van der Waals surface area contributed by atoms with Crippen LogP contribution in [0.3, 0.4) is 0 Å². The molecule has 0 saturated carbocycles. The van der Waals surface area contributed by atoms with Crippen LogP contribution in [0.4, 0.5) is 5.13 Å². The normalized spacial score (nSPS) is 10.8. The molecular weight excluding hydrogens is 342 g/mol. The first-order valence-electron chi connectivity index (χ1n) is 7.52. The number of aryl methyl sites for hydroxylation is 2. The molecule has 2 aromatic heterocycles. The van der Waals surface area contributed by atoms with Crippen LogP contribution in [0.15, 0.2) is 40.9 Å². The Morgan fingerprint density at radius 1 is 1.29 bits per heavy atom. The van der Waals surface area contributed by atoms with E-state index >= 15 is 0 Å². The number of nitrogens with zero attached hydrogens (tertiary/aromatic N) is 4. The molecule has 0 unspecified atom stereocenters. The molecule has 0 fully saturated rings. The monoisotopic (exact) mass is 359 g/mol. The summed E-state index contributed by atoms with van der Waals surface area (Å²) in [7, 11) is 0. The van der Waals surface area contributed by atoms with E-state index < -0.39 is 0 Å². The third-order valence-corrected chi connectivity index (χ3v) is 5.03. The maximum Gasteiger partial charge on any atom is 0.236 e. The third kappa shape index (κ3) is 3.82. The van der Waals surface area contributed by atoms with Crippen LogP contribution in [0.5, 0.6) is 0 Å². The van der Waals surface area contributed by atoms with Crippen molar-refractivity contribution in [1.29, 1.82) is 0 Å². The van der Waals surface area contributed by atoms with Gasteiger partial charge in [0.25, 0.3) is 0 Å². The summed E-state index contributed by atoms with van der Waals surface area (Å²) in [5.41, 5.74) is 1.90. The molecule has 3 aromatic rings. The van der Waals surface area contributed by atoms with Gasteiger partial charge in [0, 0.05) is 17.5 Å². The van der Waals surface area contributed by atoms with Gasteiger partial charge in [-0.15, -0.1) is 21.5 Å². The number of nitrogens with one attached hydrogen (secondary N) is 1. The summed E-state index contributed by atoms with van der Waals surface area (Å²) in [6.07, 6.45) is 0.771. The summed E-state index contributed by atoms with van der Waals surface area (Å²) >= 11 is 2.79. The molecule has 2 heterocycles. The van der Waals surface area contributed by atoms with Gasteiger partial charge in [0.05, 0.1) is 11.4 Å². The van der Waals surface area contributed by atoms with E-state index in [1.165, 1.54) is 23.1 Å². The molecule has 1 aromatic carbocycles. The summed E-state index contributed by atoms with van der Waals surface area (Å²) in [4.78, 5) is 16.3. The second-order valence-electron chi connectivity index (χ2n) is 5.05. The molecule has 1 N–H and O–H groups in total. The molecule has 0 bridgehead atoms. The Morgan fingerprint density at radius 2 is 2.08 bits per heavy atom. The van der Waals surface area contributed by atoms with E-state index in [1.807, 2.05) is 54.1 Å². The van der Waals surface area contributed by atoms with E-state index in [2.05, 4.69) is 20.5 Å². The molecule has 8 heteroatoms. The Morgan fingerprint density at radius 3 is 2.75 bits per heavy atom. The largest absolute Gasteiger partial charge is 0.301 e. The zero-order chi connectivity index (χ0) is 16.9. The van der Waals surface area contributed by atoms with Crippen molar-refractivity contribution < 1.29 is 4.79 Å². The van der Waals surface area contributed by atoms with Crippen molar-refractivity contribution in [3.8, 4) is 5.69 Å². The van der Waals surface area contributed by atoms with Crippen molar-refractivity contribution in [3.05, 3.63) is 47.2 Å². The number of rotatable bonds is 6. The molecule has 0 atom stereocenters. The lowest BCUT2D eigenvalue weighted by atomic mass is 10.3. The first-order valence-corrected chi connectivity index (χ1v) is 9.38. The second-order valence-corrected chi connectivity index (χ2v) is 6.85. The van der Waals surface area contributed by atoms with E-state index in [4.69, 9.17) is 0 Å². The molecule has 3 rings (SSSR count). The van der Waals surface area contributed by atoms with Gasteiger partial charge in [0.1, 0.15) is 5.82 Å². The molecular formula is C16H17N5OS2. The highest BCUT2D eigenvalue weighted by Gasteiger charge is 2.15. The Kier molecular flexibility index (Phi) is 5.27. The highest BCUT2D eigenvalue weighted by atomic mass is 32.2. The van der Waals surface area contributed by atoms with Gasteiger partial charge in [0.2, 0.25) is 5.91 Å². The van der Waals surface area contributed by atoms with Crippen LogP contribution in [-0.4, -0.2) is 31.4 Å². The zero-order valence-electron chi connectivity index (χ0n) is 13.4. The van der Waals surface area contributed by atoms with Gasteiger partial charge in [-0.2, -0.15) is 0 Å². The fourth-order valence-corrected chi connectivity index (χ4v) is 3.63. The molecule has 0 saturated heterocycles. The minimum absolute atomic E-state index is 0.102. The molecule has 6 nitrogen and oxygen atoms in total.